The first-order valence-corrected chi connectivity index (χ1v) is 5.96. The third kappa shape index (κ3) is 1.62. The van der Waals surface area contributed by atoms with Gasteiger partial charge in [-0.15, -0.1) is 11.8 Å². The molecule has 0 aliphatic heterocycles. The van der Waals surface area contributed by atoms with Crippen LogP contribution in [-0.4, -0.2) is 12.0 Å². The topological polar surface area (TPSA) is 17.1 Å². The number of ketones is 1. The van der Waals surface area contributed by atoms with Gasteiger partial charge in [0.25, 0.3) is 0 Å². The number of carbonyl (C=O) groups excluding carboxylic acids is 1. The van der Waals surface area contributed by atoms with Crippen molar-refractivity contribution in [1.82, 2.24) is 0 Å². The summed E-state index contributed by atoms with van der Waals surface area (Å²) >= 11 is 1.60. The molecule has 0 atom stereocenters. The second-order valence-electron chi connectivity index (χ2n) is 3.37. The Labute approximate surface area is 88.2 Å². The number of thioether (sulfide) groups is 1. The van der Waals surface area contributed by atoms with Gasteiger partial charge in [0.1, 0.15) is 0 Å². The van der Waals surface area contributed by atoms with Gasteiger partial charge in [-0.2, -0.15) is 0 Å². The summed E-state index contributed by atoms with van der Waals surface area (Å²) in [6.07, 6.45) is 3.87. The minimum atomic E-state index is 0.209. The lowest BCUT2D eigenvalue weighted by molar-refractivity contribution is 0.102. The lowest BCUT2D eigenvalue weighted by atomic mass is 9.88. The van der Waals surface area contributed by atoms with Crippen LogP contribution in [0, 0.1) is 0 Å². The van der Waals surface area contributed by atoms with Crippen LogP contribution in [0.3, 0.4) is 0 Å². The van der Waals surface area contributed by atoms with Gasteiger partial charge in [-0.25, -0.2) is 0 Å². The molecular weight excluding hydrogens is 192 g/mol. The molecule has 0 spiro atoms. The van der Waals surface area contributed by atoms with Gasteiger partial charge in [0.2, 0.25) is 0 Å². The third-order valence-electron chi connectivity index (χ3n) is 2.48. The largest absolute Gasteiger partial charge is 0.289 e. The third-order valence-corrected chi connectivity index (χ3v) is 3.00. The molecule has 1 nitrogen and oxygen atoms in total. The number of fused-ring (bicyclic) bond motifs is 1. The van der Waals surface area contributed by atoms with Gasteiger partial charge in [0.05, 0.1) is 0 Å². The highest BCUT2D eigenvalue weighted by atomic mass is 32.2. The van der Waals surface area contributed by atoms with E-state index in [-0.39, 0.29) is 5.78 Å². The van der Waals surface area contributed by atoms with E-state index in [9.17, 15) is 4.79 Å². The number of hydrogen-bond donors (Lipinski definition) is 0. The number of carbonyl (C=O) groups is 1. The maximum atomic E-state index is 11.9. The molecular formula is C12H12OS. The number of hydrogen-bond acceptors (Lipinski definition) is 2. The molecule has 1 aromatic rings. The molecule has 1 aliphatic carbocycles. The van der Waals surface area contributed by atoms with E-state index in [0.717, 1.165) is 24.0 Å². The van der Waals surface area contributed by atoms with Crippen LogP contribution in [0.1, 0.15) is 22.3 Å². The molecule has 72 valence electrons. The minimum absolute atomic E-state index is 0.209. The number of allylic oxidation sites excluding steroid dienone is 1. The Morgan fingerprint density at radius 3 is 2.86 bits per heavy atom. The van der Waals surface area contributed by atoms with Crippen LogP contribution in [0.4, 0.5) is 0 Å². The molecule has 1 aromatic carbocycles. The second kappa shape index (κ2) is 4.01. The van der Waals surface area contributed by atoms with E-state index in [0.29, 0.717) is 0 Å². The number of rotatable bonds is 1. The quantitative estimate of drug-likeness (QED) is 0.654. The summed E-state index contributed by atoms with van der Waals surface area (Å²) in [6.45, 7) is 0. The van der Waals surface area contributed by atoms with Crippen molar-refractivity contribution in [1.29, 1.82) is 0 Å². The van der Waals surface area contributed by atoms with E-state index < -0.39 is 0 Å². The highest BCUT2D eigenvalue weighted by Gasteiger charge is 2.20. The van der Waals surface area contributed by atoms with Crippen molar-refractivity contribution in [3.63, 3.8) is 0 Å². The van der Waals surface area contributed by atoms with E-state index >= 15 is 0 Å². The summed E-state index contributed by atoms with van der Waals surface area (Å²) in [4.78, 5) is 11.9. The number of aryl methyl sites for hydroxylation is 1. The van der Waals surface area contributed by atoms with Crippen LogP contribution >= 0.6 is 11.8 Å². The van der Waals surface area contributed by atoms with Crippen LogP contribution in [0.15, 0.2) is 35.2 Å². The zero-order chi connectivity index (χ0) is 9.97. The number of Topliss-reactive ketones (excluding diaryl/α,β-unsaturated/α-hetero) is 1. The first kappa shape index (κ1) is 9.53. The van der Waals surface area contributed by atoms with Crippen molar-refractivity contribution in [3.05, 3.63) is 46.4 Å². The fourth-order valence-electron chi connectivity index (χ4n) is 1.77. The van der Waals surface area contributed by atoms with E-state index in [1.54, 1.807) is 11.8 Å². The molecule has 0 heterocycles. The van der Waals surface area contributed by atoms with Crippen molar-refractivity contribution in [2.45, 2.75) is 12.8 Å². The predicted molar refractivity (Wildman–Crippen MR) is 60.7 cm³/mol. The molecule has 0 saturated heterocycles. The monoisotopic (exact) mass is 204 g/mol. The van der Waals surface area contributed by atoms with Crippen LogP contribution < -0.4 is 0 Å². The molecule has 2 rings (SSSR count). The highest BCUT2D eigenvalue weighted by molar-refractivity contribution is 8.01. The van der Waals surface area contributed by atoms with Crippen molar-refractivity contribution >= 4 is 17.5 Å². The van der Waals surface area contributed by atoms with Gasteiger partial charge in [-0.3, -0.25) is 4.79 Å². The maximum Gasteiger partial charge on any atom is 0.189 e. The molecule has 0 bridgehead atoms. The van der Waals surface area contributed by atoms with Crippen LogP contribution in [0.25, 0.3) is 0 Å². The Hall–Kier alpha value is -1.02. The molecule has 0 aromatic heterocycles. The first-order chi connectivity index (χ1) is 6.83. The summed E-state index contributed by atoms with van der Waals surface area (Å²) in [5.41, 5.74) is 3.03. The Kier molecular flexibility index (Phi) is 2.73. The molecule has 14 heavy (non-hydrogen) atoms. The first-order valence-electron chi connectivity index (χ1n) is 4.67. The minimum Gasteiger partial charge on any atom is -0.289 e. The van der Waals surface area contributed by atoms with Crippen molar-refractivity contribution in [2.75, 3.05) is 6.26 Å². The predicted octanol–water partition coefficient (Wildman–Crippen LogP) is 3.06. The van der Waals surface area contributed by atoms with Gasteiger partial charge in [0.15, 0.2) is 5.78 Å². The van der Waals surface area contributed by atoms with Gasteiger partial charge in [0, 0.05) is 11.1 Å². The zero-order valence-corrected chi connectivity index (χ0v) is 8.93. The van der Waals surface area contributed by atoms with Crippen molar-refractivity contribution < 1.29 is 4.79 Å². The lowest BCUT2D eigenvalue weighted by Gasteiger charge is -2.16. The molecule has 1 aliphatic rings. The van der Waals surface area contributed by atoms with E-state index in [1.165, 1.54) is 5.56 Å². The molecule has 0 amide bonds. The van der Waals surface area contributed by atoms with Gasteiger partial charge in [-0.05, 0) is 30.1 Å². The lowest BCUT2D eigenvalue weighted by Crippen LogP contribution is -2.13. The summed E-state index contributed by atoms with van der Waals surface area (Å²) in [7, 11) is 0. The Bertz CT molecular complexity index is 393. The number of benzene rings is 1. The fourth-order valence-corrected chi connectivity index (χ4v) is 2.28. The maximum absolute atomic E-state index is 11.9. The Balaban J connectivity index is 2.41. The molecule has 0 fully saturated rings. The van der Waals surface area contributed by atoms with Crippen LogP contribution in [-0.2, 0) is 6.42 Å². The van der Waals surface area contributed by atoms with E-state index in [4.69, 9.17) is 0 Å². The summed E-state index contributed by atoms with van der Waals surface area (Å²) < 4.78 is 0. The molecule has 0 N–H and O–H groups in total. The zero-order valence-electron chi connectivity index (χ0n) is 8.12. The SMILES string of the molecule is CS/C=C1/CCc2ccccc2C1=O. The molecule has 0 saturated carbocycles. The fraction of sp³-hybridized carbons (Fsp3) is 0.250. The molecule has 2 heteroatoms. The van der Waals surface area contributed by atoms with Gasteiger partial charge < -0.3 is 0 Å². The van der Waals surface area contributed by atoms with E-state index in [1.807, 2.05) is 35.9 Å². The van der Waals surface area contributed by atoms with Gasteiger partial charge in [-0.1, -0.05) is 24.3 Å². The van der Waals surface area contributed by atoms with Crippen LogP contribution in [0.5, 0.6) is 0 Å². The second-order valence-corrected chi connectivity index (χ2v) is 4.07. The average Bonchev–Trinajstić information content (AvgIpc) is 2.23. The van der Waals surface area contributed by atoms with Crippen molar-refractivity contribution in [3.8, 4) is 0 Å². The van der Waals surface area contributed by atoms with Crippen molar-refractivity contribution in [2.24, 2.45) is 0 Å². The Morgan fingerprint density at radius 1 is 1.29 bits per heavy atom. The standard InChI is InChI=1S/C12H12OS/c1-14-8-10-7-6-9-4-2-3-5-11(9)12(10)13/h2-5,8H,6-7H2,1H3/b10-8-. The highest BCUT2D eigenvalue weighted by Crippen LogP contribution is 2.25. The molecule has 0 radical (unpaired) electrons. The van der Waals surface area contributed by atoms with E-state index in [2.05, 4.69) is 0 Å². The summed E-state index contributed by atoms with van der Waals surface area (Å²) in [5, 5.41) is 1.97. The Morgan fingerprint density at radius 2 is 2.07 bits per heavy atom. The average molecular weight is 204 g/mol. The summed E-state index contributed by atoms with van der Waals surface area (Å²) in [5.74, 6) is 0.209. The normalized spacial score (nSPS) is 18.4. The molecule has 0 unspecified atom stereocenters. The smallest absolute Gasteiger partial charge is 0.189 e. The summed E-state index contributed by atoms with van der Waals surface area (Å²) in [6, 6.07) is 7.89. The van der Waals surface area contributed by atoms with Gasteiger partial charge >= 0.3 is 0 Å². The van der Waals surface area contributed by atoms with Crippen LogP contribution in [0.2, 0.25) is 0 Å².